The van der Waals surface area contributed by atoms with Crippen molar-refractivity contribution in [1.29, 1.82) is 0 Å². The Labute approximate surface area is 194 Å². The van der Waals surface area contributed by atoms with Crippen molar-refractivity contribution in [2.45, 2.75) is 31.0 Å². The zero-order chi connectivity index (χ0) is 23.6. The summed E-state index contributed by atoms with van der Waals surface area (Å²) in [6.07, 6.45) is 3.25. The molecular weight excluding hydrogens is 442 g/mol. The lowest BCUT2D eigenvalue weighted by atomic mass is 9.99. The number of nitrogens with zero attached hydrogens (tertiary/aromatic N) is 5. The summed E-state index contributed by atoms with van der Waals surface area (Å²) in [6.45, 7) is 2.92. The van der Waals surface area contributed by atoms with Crippen molar-refractivity contribution in [3.05, 3.63) is 42.1 Å². The molecule has 1 saturated heterocycles. The Hall–Kier alpha value is -3.02. The molecule has 0 radical (unpaired) electrons. The minimum absolute atomic E-state index is 0.159. The molecule has 0 atom stereocenters. The van der Waals surface area contributed by atoms with Gasteiger partial charge in [0.1, 0.15) is 0 Å². The highest BCUT2D eigenvalue weighted by molar-refractivity contribution is 7.88. The van der Waals surface area contributed by atoms with Crippen LogP contribution < -0.4 is 10.1 Å². The number of aromatic amines is 1. The van der Waals surface area contributed by atoms with Gasteiger partial charge in [0.15, 0.2) is 0 Å². The van der Waals surface area contributed by atoms with E-state index >= 15 is 0 Å². The Morgan fingerprint density at radius 2 is 1.94 bits per heavy atom. The van der Waals surface area contributed by atoms with Gasteiger partial charge in [0, 0.05) is 42.6 Å². The zero-order valence-corrected chi connectivity index (χ0v) is 20.1. The highest BCUT2D eigenvalue weighted by Gasteiger charge is 2.32. The average Bonchev–Trinajstić information content (AvgIpc) is 3.29. The molecule has 1 aliphatic rings. The molecule has 0 saturated carbocycles. The lowest BCUT2D eigenvalue weighted by Crippen LogP contribution is -2.44. The van der Waals surface area contributed by atoms with Crippen LogP contribution in [0, 0.1) is 6.92 Å². The fourth-order valence-corrected chi connectivity index (χ4v) is 5.41. The van der Waals surface area contributed by atoms with Crippen LogP contribution in [0.4, 0.5) is 11.6 Å². The molecule has 0 bridgehead atoms. The van der Waals surface area contributed by atoms with Gasteiger partial charge in [0.05, 0.1) is 7.11 Å². The molecule has 0 amide bonds. The Balaban J connectivity index is 1.57. The van der Waals surface area contributed by atoms with Gasteiger partial charge in [0.2, 0.25) is 11.8 Å². The highest BCUT2D eigenvalue weighted by Crippen LogP contribution is 2.34. The summed E-state index contributed by atoms with van der Waals surface area (Å²) in [5.74, 6) is 0.761. The first-order valence-corrected chi connectivity index (χ1v) is 12.2. The molecule has 33 heavy (non-hydrogen) atoms. The molecule has 11 heteroatoms. The summed E-state index contributed by atoms with van der Waals surface area (Å²) in [5, 5.41) is 11.0. The lowest BCUT2D eigenvalue weighted by molar-refractivity contribution is 0.196. The van der Waals surface area contributed by atoms with E-state index in [9.17, 15) is 8.42 Å². The molecule has 1 fully saturated rings. The number of piperidine rings is 1. The topological polar surface area (TPSA) is 116 Å². The maximum absolute atomic E-state index is 13.1. The minimum atomic E-state index is -3.74. The van der Waals surface area contributed by atoms with Crippen LogP contribution in [-0.2, 0) is 10.0 Å². The van der Waals surface area contributed by atoms with Crippen LogP contribution in [0.25, 0.3) is 11.1 Å². The maximum Gasteiger partial charge on any atom is 0.278 e. The van der Waals surface area contributed by atoms with Crippen molar-refractivity contribution in [2.24, 2.45) is 0 Å². The number of sulfonamides is 1. The van der Waals surface area contributed by atoms with Gasteiger partial charge in [-0.25, -0.2) is 13.4 Å². The number of hydrogen-bond donors (Lipinski definition) is 2. The Morgan fingerprint density at radius 1 is 1.18 bits per heavy atom. The smallest absolute Gasteiger partial charge is 0.278 e. The first-order valence-electron chi connectivity index (χ1n) is 10.8. The number of benzene rings is 1. The van der Waals surface area contributed by atoms with Gasteiger partial charge < -0.3 is 15.0 Å². The third-order valence-corrected chi connectivity index (χ3v) is 7.68. The van der Waals surface area contributed by atoms with E-state index in [1.807, 2.05) is 51.4 Å². The van der Waals surface area contributed by atoms with Crippen LogP contribution in [0.5, 0.6) is 5.88 Å². The first-order chi connectivity index (χ1) is 15.8. The van der Waals surface area contributed by atoms with E-state index < -0.39 is 10.0 Å². The van der Waals surface area contributed by atoms with E-state index in [4.69, 9.17) is 4.74 Å². The van der Waals surface area contributed by atoms with Gasteiger partial charge in [-0.05, 0) is 57.1 Å². The number of rotatable bonds is 7. The van der Waals surface area contributed by atoms with E-state index in [1.165, 1.54) is 4.31 Å². The molecule has 1 aromatic carbocycles. The van der Waals surface area contributed by atoms with Crippen molar-refractivity contribution >= 4 is 21.7 Å². The number of hydrogen-bond acceptors (Lipinski definition) is 8. The first kappa shape index (κ1) is 23.1. The average molecular weight is 472 g/mol. The van der Waals surface area contributed by atoms with Crippen molar-refractivity contribution in [3.8, 4) is 17.0 Å². The molecule has 1 aliphatic heterocycles. The monoisotopic (exact) mass is 471 g/mol. The second-order valence-electron chi connectivity index (χ2n) is 8.29. The van der Waals surface area contributed by atoms with Crippen molar-refractivity contribution in [1.82, 2.24) is 29.4 Å². The number of nitrogens with one attached hydrogen (secondary N) is 2. The molecule has 3 heterocycles. The van der Waals surface area contributed by atoms with Crippen LogP contribution in [0.1, 0.15) is 18.4 Å². The standard InChI is InChI=1S/C22H29N7O3S/c1-15-6-5-7-18(20(15)16-8-11-23-19(14-16)32-4)24-21-25-22(27-26-21)33(30,31)29-12-9-17(10-13-29)28(2)3/h5-8,11,14,17H,9-10,12-13H2,1-4H3,(H2,24,25,26,27). The van der Waals surface area contributed by atoms with Crippen molar-refractivity contribution in [3.63, 3.8) is 0 Å². The second-order valence-corrected chi connectivity index (χ2v) is 10.1. The molecule has 10 nitrogen and oxygen atoms in total. The second kappa shape index (κ2) is 9.46. The van der Waals surface area contributed by atoms with Crippen LogP contribution in [-0.4, -0.2) is 78.1 Å². The predicted molar refractivity (Wildman–Crippen MR) is 126 cm³/mol. The lowest BCUT2D eigenvalue weighted by Gasteiger charge is -2.33. The fraction of sp³-hybridized carbons (Fsp3) is 0.409. The molecule has 2 N–H and O–H groups in total. The SMILES string of the molecule is COc1cc(-c2c(C)cccc2Nc2nnc(S(=O)(=O)N3CCC(N(C)C)CC3)[nH]2)ccn1. The number of H-pyrrole nitrogens is 1. The molecular formula is C22H29N7O3S. The van der Waals surface area contributed by atoms with E-state index in [0.29, 0.717) is 25.0 Å². The summed E-state index contributed by atoms with van der Waals surface area (Å²) in [7, 11) is 1.87. The van der Waals surface area contributed by atoms with Gasteiger partial charge in [-0.1, -0.05) is 12.1 Å². The number of aromatic nitrogens is 4. The highest BCUT2D eigenvalue weighted by atomic mass is 32.2. The van der Waals surface area contributed by atoms with Crippen LogP contribution >= 0.6 is 0 Å². The summed E-state index contributed by atoms with van der Waals surface area (Å²) < 4.78 is 32.9. The molecule has 0 aliphatic carbocycles. The summed E-state index contributed by atoms with van der Waals surface area (Å²) in [5.41, 5.74) is 3.64. The minimum Gasteiger partial charge on any atom is -0.481 e. The van der Waals surface area contributed by atoms with Crippen LogP contribution in [0.2, 0.25) is 0 Å². The normalized spacial score (nSPS) is 15.7. The van der Waals surface area contributed by atoms with Crippen molar-refractivity contribution < 1.29 is 13.2 Å². The van der Waals surface area contributed by atoms with E-state index in [2.05, 4.69) is 30.4 Å². The fourth-order valence-electron chi connectivity index (χ4n) is 4.10. The number of methoxy groups -OCH3 is 1. The van der Waals surface area contributed by atoms with Gasteiger partial charge in [0.25, 0.3) is 15.2 Å². The van der Waals surface area contributed by atoms with E-state index in [0.717, 1.165) is 35.2 Å². The maximum atomic E-state index is 13.1. The van der Waals surface area contributed by atoms with E-state index in [1.54, 1.807) is 13.3 Å². The third-order valence-electron chi connectivity index (χ3n) is 5.96. The Bertz CT molecular complexity index is 1220. The van der Waals surface area contributed by atoms with E-state index in [-0.39, 0.29) is 11.1 Å². The molecule has 3 aromatic rings. The Morgan fingerprint density at radius 3 is 2.64 bits per heavy atom. The van der Waals surface area contributed by atoms with Crippen LogP contribution in [0.3, 0.4) is 0 Å². The number of pyridine rings is 1. The van der Waals surface area contributed by atoms with Crippen LogP contribution in [0.15, 0.2) is 41.7 Å². The number of anilines is 2. The number of aryl methyl sites for hydroxylation is 1. The third kappa shape index (κ3) is 4.85. The Kier molecular flexibility index (Phi) is 6.63. The molecule has 176 valence electrons. The molecule has 2 aromatic heterocycles. The summed E-state index contributed by atoms with van der Waals surface area (Å²) in [6, 6.07) is 9.95. The van der Waals surface area contributed by atoms with Crippen molar-refractivity contribution in [2.75, 3.05) is 39.6 Å². The molecule has 4 rings (SSSR count). The van der Waals surface area contributed by atoms with Gasteiger partial charge in [-0.15, -0.1) is 10.2 Å². The van der Waals surface area contributed by atoms with Gasteiger partial charge in [-0.3, -0.25) is 4.98 Å². The summed E-state index contributed by atoms with van der Waals surface area (Å²) in [4.78, 5) is 9.15. The molecule has 0 spiro atoms. The quantitative estimate of drug-likeness (QED) is 0.540. The summed E-state index contributed by atoms with van der Waals surface area (Å²) >= 11 is 0. The predicted octanol–water partition coefficient (Wildman–Crippen LogP) is 2.64. The molecule has 0 unspecified atom stereocenters. The largest absolute Gasteiger partial charge is 0.481 e. The number of ether oxygens (including phenoxy) is 1. The zero-order valence-electron chi connectivity index (χ0n) is 19.2. The van der Waals surface area contributed by atoms with Gasteiger partial charge >= 0.3 is 0 Å². The van der Waals surface area contributed by atoms with Gasteiger partial charge in [-0.2, -0.15) is 4.31 Å².